The first kappa shape index (κ1) is 12.2. The number of piperazine rings is 1. The van der Waals surface area contributed by atoms with Gasteiger partial charge in [0, 0.05) is 32.7 Å². The molecule has 1 saturated heterocycles. The van der Waals surface area contributed by atoms with Crippen LogP contribution in [0.1, 0.15) is 11.5 Å². The van der Waals surface area contributed by atoms with Gasteiger partial charge in [0.1, 0.15) is 11.9 Å². The number of nitriles is 1. The van der Waals surface area contributed by atoms with E-state index >= 15 is 0 Å². The van der Waals surface area contributed by atoms with E-state index in [2.05, 4.69) is 33.4 Å². The van der Waals surface area contributed by atoms with Crippen molar-refractivity contribution in [1.82, 2.24) is 15.2 Å². The lowest BCUT2D eigenvalue weighted by Crippen LogP contribution is -2.42. The zero-order chi connectivity index (χ0) is 13.1. The number of aromatic nitrogens is 1. The fraction of sp³-hybridized carbons (Fsp3) is 0.429. The molecule has 1 aliphatic heterocycles. The van der Waals surface area contributed by atoms with Gasteiger partial charge in [0.05, 0.1) is 6.07 Å². The topological polar surface area (TPSA) is 65.1 Å². The van der Waals surface area contributed by atoms with Crippen LogP contribution in [0.2, 0.25) is 0 Å². The van der Waals surface area contributed by atoms with Crippen molar-refractivity contribution in [2.75, 3.05) is 26.2 Å². The second-order valence-corrected chi connectivity index (χ2v) is 4.77. The standard InChI is InChI=1S/C14H16N4O/c15-4-3-14-17-12-9-11(1-2-13(12)19-14)10-18-7-5-16-6-8-18/h1-2,9,16H,3,5-8,10H2. The summed E-state index contributed by atoms with van der Waals surface area (Å²) in [4.78, 5) is 6.76. The summed E-state index contributed by atoms with van der Waals surface area (Å²) in [5.41, 5.74) is 2.85. The van der Waals surface area contributed by atoms with E-state index in [-0.39, 0.29) is 6.42 Å². The largest absolute Gasteiger partial charge is 0.440 e. The molecule has 2 heterocycles. The normalized spacial score (nSPS) is 16.6. The van der Waals surface area contributed by atoms with Gasteiger partial charge < -0.3 is 9.73 Å². The molecule has 19 heavy (non-hydrogen) atoms. The van der Waals surface area contributed by atoms with Crippen LogP contribution in [0.15, 0.2) is 22.6 Å². The Morgan fingerprint density at radius 1 is 1.37 bits per heavy atom. The summed E-state index contributed by atoms with van der Waals surface area (Å²) in [6.45, 7) is 5.21. The molecule has 0 unspecified atom stereocenters. The molecular weight excluding hydrogens is 240 g/mol. The smallest absolute Gasteiger partial charge is 0.209 e. The van der Waals surface area contributed by atoms with Gasteiger partial charge in [-0.2, -0.15) is 5.26 Å². The lowest BCUT2D eigenvalue weighted by atomic mass is 10.2. The minimum atomic E-state index is 0.224. The number of fused-ring (bicyclic) bond motifs is 1. The summed E-state index contributed by atoms with van der Waals surface area (Å²) >= 11 is 0. The van der Waals surface area contributed by atoms with Crippen molar-refractivity contribution in [3.8, 4) is 6.07 Å². The fourth-order valence-electron chi connectivity index (χ4n) is 2.39. The van der Waals surface area contributed by atoms with Crippen LogP contribution in [0.3, 0.4) is 0 Å². The third-order valence-electron chi connectivity index (χ3n) is 3.34. The highest BCUT2D eigenvalue weighted by Gasteiger charge is 2.11. The van der Waals surface area contributed by atoms with Gasteiger partial charge in [0.25, 0.3) is 0 Å². The molecule has 1 fully saturated rings. The summed E-state index contributed by atoms with van der Waals surface area (Å²) in [5.74, 6) is 0.497. The molecule has 2 aromatic rings. The van der Waals surface area contributed by atoms with E-state index in [0.717, 1.165) is 43.8 Å². The maximum absolute atomic E-state index is 8.65. The van der Waals surface area contributed by atoms with Crippen LogP contribution in [0.25, 0.3) is 11.1 Å². The van der Waals surface area contributed by atoms with E-state index in [1.165, 1.54) is 5.56 Å². The number of nitrogens with one attached hydrogen (secondary N) is 1. The monoisotopic (exact) mass is 256 g/mol. The zero-order valence-corrected chi connectivity index (χ0v) is 10.7. The van der Waals surface area contributed by atoms with Gasteiger partial charge >= 0.3 is 0 Å². The maximum atomic E-state index is 8.65. The summed E-state index contributed by atoms with van der Waals surface area (Å²) in [6.07, 6.45) is 0.224. The van der Waals surface area contributed by atoms with Gasteiger partial charge in [-0.1, -0.05) is 6.07 Å². The molecule has 0 atom stereocenters. The number of hydrogen-bond donors (Lipinski definition) is 1. The first-order valence-corrected chi connectivity index (χ1v) is 6.53. The van der Waals surface area contributed by atoms with E-state index in [1.807, 2.05) is 6.07 Å². The molecule has 98 valence electrons. The minimum Gasteiger partial charge on any atom is -0.440 e. The van der Waals surface area contributed by atoms with Crippen molar-refractivity contribution in [2.24, 2.45) is 0 Å². The molecule has 0 radical (unpaired) electrons. The Balaban J connectivity index is 1.78. The highest BCUT2D eigenvalue weighted by Crippen LogP contribution is 2.18. The number of benzene rings is 1. The minimum absolute atomic E-state index is 0.224. The predicted molar refractivity (Wildman–Crippen MR) is 71.5 cm³/mol. The lowest BCUT2D eigenvalue weighted by Gasteiger charge is -2.27. The van der Waals surface area contributed by atoms with Crippen LogP contribution >= 0.6 is 0 Å². The van der Waals surface area contributed by atoms with Gasteiger partial charge in [0.15, 0.2) is 5.58 Å². The Hall–Kier alpha value is -1.90. The van der Waals surface area contributed by atoms with Gasteiger partial charge in [-0.15, -0.1) is 0 Å². The molecule has 1 aromatic carbocycles. The summed E-state index contributed by atoms with van der Waals surface area (Å²) in [7, 11) is 0. The van der Waals surface area contributed by atoms with Crippen LogP contribution in [0.4, 0.5) is 0 Å². The van der Waals surface area contributed by atoms with E-state index in [0.29, 0.717) is 5.89 Å². The summed E-state index contributed by atoms with van der Waals surface area (Å²) in [5, 5.41) is 12.0. The number of rotatable bonds is 3. The van der Waals surface area contributed by atoms with Crippen molar-refractivity contribution >= 4 is 11.1 Å². The Morgan fingerprint density at radius 2 is 2.21 bits per heavy atom. The third kappa shape index (κ3) is 2.75. The number of oxazole rings is 1. The summed E-state index contributed by atoms with van der Waals surface area (Å²) in [6, 6.07) is 8.13. The molecule has 0 bridgehead atoms. The van der Waals surface area contributed by atoms with Crippen molar-refractivity contribution in [3.63, 3.8) is 0 Å². The van der Waals surface area contributed by atoms with E-state index < -0.39 is 0 Å². The average Bonchev–Trinajstić information content (AvgIpc) is 2.82. The lowest BCUT2D eigenvalue weighted by molar-refractivity contribution is 0.233. The van der Waals surface area contributed by atoms with Crippen LogP contribution < -0.4 is 5.32 Å². The van der Waals surface area contributed by atoms with Crippen LogP contribution in [0.5, 0.6) is 0 Å². The molecule has 0 aliphatic carbocycles. The molecule has 3 rings (SSSR count). The van der Waals surface area contributed by atoms with Crippen molar-refractivity contribution in [1.29, 1.82) is 5.26 Å². The Bertz CT molecular complexity index is 607. The fourth-order valence-corrected chi connectivity index (χ4v) is 2.39. The Morgan fingerprint density at radius 3 is 3.00 bits per heavy atom. The van der Waals surface area contributed by atoms with Crippen molar-refractivity contribution in [3.05, 3.63) is 29.7 Å². The third-order valence-corrected chi connectivity index (χ3v) is 3.34. The first-order chi connectivity index (χ1) is 9.35. The second-order valence-electron chi connectivity index (χ2n) is 4.77. The van der Waals surface area contributed by atoms with Crippen LogP contribution in [-0.4, -0.2) is 36.1 Å². The van der Waals surface area contributed by atoms with Gasteiger partial charge in [-0.05, 0) is 17.7 Å². The second kappa shape index (κ2) is 5.39. The molecule has 5 nitrogen and oxygen atoms in total. The van der Waals surface area contributed by atoms with E-state index in [4.69, 9.17) is 9.68 Å². The number of nitrogens with zero attached hydrogens (tertiary/aromatic N) is 3. The van der Waals surface area contributed by atoms with E-state index in [1.54, 1.807) is 0 Å². The van der Waals surface area contributed by atoms with Gasteiger partial charge in [-0.25, -0.2) is 4.98 Å². The molecule has 5 heteroatoms. The SMILES string of the molecule is N#CCc1nc2cc(CN3CCNCC3)ccc2o1. The molecular formula is C14H16N4O. The maximum Gasteiger partial charge on any atom is 0.209 e. The van der Waals surface area contributed by atoms with Gasteiger partial charge in [0.2, 0.25) is 5.89 Å². The predicted octanol–water partition coefficient (Wildman–Crippen LogP) is 1.30. The van der Waals surface area contributed by atoms with Crippen LogP contribution in [0, 0.1) is 11.3 Å². The Labute approximate surface area is 111 Å². The molecule has 0 spiro atoms. The molecule has 1 N–H and O–H groups in total. The van der Waals surface area contributed by atoms with Crippen molar-refractivity contribution in [2.45, 2.75) is 13.0 Å². The summed E-state index contributed by atoms with van der Waals surface area (Å²) < 4.78 is 5.50. The van der Waals surface area contributed by atoms with Gasteiger partial charge in [-0.3, -0.25) is 4.90 Å². The Kier molecular flexibility index (Phi) is 3.45. The van der Waals surface area contributed by atoms with Crippen molar-refractivity contribution < 1.29 is 4.42 Å². The number of hydrogen-bond acceptors (Lipinski definition) is 5. The first-order valence-electron chi connectivity index (χ1n) is 6.53. The molecule has 0 saturated carbocycles. The van der Waals surface area contributed by atoms with E-state index in [9.17, 15) is 0 Å². The quantitative estimate of drug-likeness (QED) is 0.896. The average molecular weight is 256 g/mol. The highest BCUT2D eigenvalue weighted by atomic mass is 16.3. The highest BCUT2D eigenvalue weighted by molar-refractivity contribution is 5.73. The zero-order valence-electron chi connectivity index (χ0n) is 10.7. The van der Waals surface area contributed by atoms with Crippen LogP contribution in [-0.2, 0) is 13.0 Å². The molecule has 1 aliphatic rings. The molecule has 1 aromatic heterocycles. The molecule has 0 amide bonds.